The smallest absolute Gasteiger partial charge is 0.407 e. The van der Waals surface area contributed by atoms with Crippen LogP contribution >= 0.6 is 0 Å². The van der Waals surface area contributed by atoms with E-state index in [0.717, 1.165) is 45.7 Å². The van der Waals surface area contributed by atoms with Gasteiger partial charge in [-0.05, 0) is 58.3 Å². The summed E-state index contributed by atoms with van der Waals surface area (Å²) in [6.07, 6.45) is 7.05. The molecule has 3 saturated heterocycles. The van der Waals surface area contributed by atoms with Gasteiger partial charge in [-0.1, -0.05) is 25.7 Å². The van der Waals surface area contributed by atoms with Gasteiger partial charge in [0.2, 0.25) is 0 Å². The number of likely N-dealkylation sites (tertiary alicyclic amines) is 1. The molecular weight excluding hydrogens is 605 g/mol. The molecule has 47 heavy (non-hydrogen) atoms. The molecule has 0 aromatic heterocycles. The molecule has 9 unspecified atom stereocenters. The maximum absolute atomic E-state index is 16.2. The molecule has 0 spiro atoms. The summed E-state index contributed by atoms with van der Waals surface area (Å²) < 4.78 is 34.1. The van der Waals surface area contributed by atoms with Gasteiger partial charge in [-0.25, -0.2) is 9.18 Å². The zero-order valence-corrected chi connectivity index (χ0v) is 28.3. The number of ether oxygens (including phenoxy) is 3. The number of fused-ring (bicyclic) bond motifs is 3. The maximum Gasteiger partial charge on any atom is 0.407 e. The van der Waals surface area contributed by atoms with Crippen LogP contribution in [0.4, 0.5) is 9.18 Å². The minimum Gasteiger partial charge on any atom is -0.444 e. The number of nitrogens with zero attached hydrogens (tertiary/aromatic N) is 3. The Hall–Kier alpha value is -2.28. The minimum atomic E-state index is -1.26. The van der Waals surface area contributed by atoms with Gasteiger partial charge in [0.15, 0.2) is 5.78 Å². The van der Waals surface area contributed by atoms with Gasteiger partial charge < -0.3 is 34.6 Å². The van der Waals surface area contributed by atoms with E-state index >= 15 is 4.39 Å². The number of amides is 2. The number of carbonyl (C=O) groups excluding carboxylic acids is 3. The lowest BCUT2D eigenvalue weighted by molar-refractivity contribution is -0.208. The molecule has 0 aromatic carbocycles. The number of hydrogen-bond donors (Lipinski definition) is 2. The third-order valence-electron chi connectivity index (χ3n) is 11.8. The molecule has 6 fully saturated rings. The van der Waals surface area contributed by atoms with Crippen LogP contribution in [0.15, 0.2) is 11.8 Å². The molecule has 10 atom stereocenters. The van der Waals surface area contributed by atoms with Crippen molar-refractivity contribution in [1.82, 2.24) is 25.3 Å². The average Bonchev–Trinajstić information content (AvgIpc) is 3.50. The number of hydrogen-bond acceptors (Lipinski definition) is 9. The zero-order chi connectivity index (χ0) is 32.9. The van der Waals surface area contributed by atoms with E-state index < -0.39 is 35.9 Å². The molecule has 3 aliphatic carbocycles. The Bertz CT molecular complexity index is 1220. The van der Waals surface area contributed by atoms with E-state index in [0.29, 0.717) is 37.9 Å². The highest BCUT2D eigenvalue weighted by molar-refractivity contribution is 6.20. The number of ketones is 1. The number of morpholine rings is 2. The fourth-order valence-electron chi connectivity index (χ4n) is 9.61. The van der Waals surface area contributed by atoms with E-state index in [-0.39, 0.29) is 47.9 Å². The first kappa shape index (κ1) is 33.2. The number of halogens is 1. The Labute approximate surface area is 278 Å². The average molecular weight is 660 g/mol. The van der Waals surface area contributed by atoms with Crippen LogP contribution in [0.1, 0.15) is 72.1 Å². The van der Waals surface area contributed by atoms with Crippen molar-refractivity contribution in [1.29, 1.82) is 0 Å². The summed E-state index contributed by atoms with van der Waals surface area (Å²) in [6.45, 7) is 10.8. The summed E-state index contributed by atoms with van der Waals surface area (Å²) in [7, 11) is 0. The Morgan fingerprint density at radius 3 is 2.53 bits per heavy atom. The lowest BCUT2D eigenvalue weighted by Crippen LogP contribution is -2.73. The van der Waals surface area contributed by atoms with E-state index in [1.54, 1.807) is 4.90 Å². The van der Waals surface area contributed by atoms with Gasteiger partial charge in [0.05, 0.1) is 55.2 Å². The standard InChI is InChI=1S/C35H54FN5O6/c1-35(2,3)47-34(44)38-23-8-10-40(19-23)33(43)25-20-41-27-16-21-6-4-5-7-22(21)17-28(27)46-32-29(26(36)18-24(30(32)41)31(25)42)37-9-11-39-12-14-45-15-13-39/h20-24,26-30,32,37H,4-19H2,1-3H3,(H,38,44)/t21?,22?,23-,24?,26?,27?,28?,29?,30?,32?/m1/s1. The van der Waals surface area contributed by atoms with Gasteiger partial charge >= 0.3 is 6.09 Å². The SMILES string of the molecule is CC(C)(C)OC(=O)N[C@@H]1CCN(C(=O)C2=CN3C4CC5CCCCC5CC4OC4C(NCCN5CCOCC5)C(F)CC(C2=O)C43)C1. The van der Waals surface area contributed by atoms with Crippen LogP contribution in [0.5, 0.6) is 0 Å². The van der Waals surface area contributed by atoms with Gasteiger partial charge in [-0.3, -0.25) is 14.5 Å². The Kier molecular flexibility index (Phi) is 9.58. The number of Topliss-reactive ketones (excluding diaryl/α,β-unsaturated/α-hetero) is 1. The molecule has 7 aliphatic rings. The highest BCUT2D eigenvalue weighted by Gasteiger charge is 2.60. The lowest BCUT2D eigenvalue weighted by atomic mass is 9.65. The van der Waals surface area contributed by atoms with E-state index in [4.69, 9.17) is 14.2 Å². The second kappa shape index (κ2) is 13.6. The fourth-order valence-corrected chi connectivity index (χ4v) is 9.61. The predicted octanol–water partition coefficient (Wildman–Crippen LogP) is 2.63. The number of alkyl carbamates (subject to hydrolysis) is 1. The number of alkyl halides is 1. The molecule has 7 rings (SSSR count). The van der Waals surface area contributed by atoms with E-state index in [1.807, 2.05) is 27.0 Å². The van der Waals surface area contributed by atoms with E-state index in [2.05, 4.69) is 20.4 Å². The van der Waals surface area contributed by atoms with Crippen molar-refractivity contribution in [2.75, 3.05) is 52.5 Å². The van der Waals surface area contributed by atoms with Crippen molar-refractivity contribution < 1.29 is 33.0 Å². The molecule has 3 saturated carbocycles. The monoisotopic (exact) mass is 659 g/mol. The molecule has 0 bridgehead atoms. The summed E-state index contributed by atoms with van der Waals surface area (Å²) in [5.41, 5.74) is -0.468. The van der Waals surface area contributed by atoms with Gasteiger partial charge in [-0.2, -0.15) is 0 Å². The quantitative estimate of drug-likeness (QED) is 0.416. The molecule has 4 heterocycles. The van der Waals surface area contributed by atoms with Crippen molar-refractivity contribution in [2.24, 2.45) is 17.8 Å². The van der Waals surface area contributed by atoms with Crippen LogP contribution in [-0.4, -0.2) is 133 Å². The lowest BCUT2D eigenvalue weighted by Gasteiger charge is -2.61. The number of rotatable bonds is 6. The third kappa shape index (κ3) is 6.94. The molecule has 0 radical (unpaired) electrons. The van der Waals surface area contributed by atoms with Crippen molar-refractivity contribution in [3.63, 3.8) is 0 Å². The maximum atomic E-state index is 16.2. The molecule has 4 aliphatic heterocycles. The molecule has 262 valence electrons. The molecule has 11 nitrogen and oxygen atoms in total. The Balaban J connectivity index is 1.11. The topological polar surface area (TPSA) is 113 Å². The van der Waals surface area contributed by atoms with E-state index in [1.165, 1.54) is 25.7 Å². The predicted molar refractivity (Wildman–Crippen MR) is 172 cm³/mol. The summed E-state index contributed by atoms with van der Waals surface area (Å²) in [6, 6.07) is -0.997. The minimum absolute atomic E-state index is 0.0555. The summed E-state index contributed by atoms with van der Waals surface area (Å²) in [5.74, 6) is -0.00130. The summed E-state index contributed by atoms with van der Waals surface area (Å²) in [5, 5.41) is 6.40. The van der Waals surface area contributed by atoms with Crippen LogP contribution in [-0.2, 0) is 23.8 Å². The first-order valence-electron chi connectivity index (χ1n) is 18.2. The van der Waals surface area contributed by atoms with Crippen LogP contribution in [0, 0.1) is 17.8 Å². The molecule has 2 amide bonds. The van der Waals surface area contributed by atoms with Crippen LogP contribution in [0.25, 0.3) is 0 Å². The number of carbonyl (C=O) groups is 3. The fraction of sp³-hybridized carbons (Fsp3) is 0.857. The molecule has 0 aromatic rings. The van der Waals surface area contributed by atoms with Crippen molar-refractivity contribution in [3.05, 3.63) is 11.8 Å². The van der Waals surface area contributed by atoms with E-state index in [9.17, 15) is 14.4 Å². The Morgan fingerprint density at radius 2 is 1.79 bits per heavy atom. The van der Waals surface area contributed by atoms with Crippen molar-refractivity contribution >= 4 is 17.8 Å². The molecule has 2 N–H and O–H groups in total. The van der Waals surface area contributed by atoms with Crippen LogP contribution in [0.3, 0.4) is 0 Å². The van der Waals surface area contributed by atoms with Crippen LogP contribution < -0.4 is 10.6 Å². The number of nitrogens with one attached hydrogen (secondary N) is 2. The van der Waals surface area contributed by atoms with Crippen molar-refractivity contribution in [3.8, 4) is 0 Å². The van der Waals surface area contributed by atoms with Crippen LogP contribution in [0.2, 0.25) is 0 Å². The third-order valence-corrected chi connectivity index (χ3v) is 11.8. The zero-order valence-electron chi connectivity index (χ0n) is 28.3. The van der Waals surface area contributed by atoms with Gasteiger partial charge in [0.1, 0.15) is 11.8 Å². The molecular formula is C35H54FN5O6. The highest BCUT2D eigenvalue weighted by Crippen LogP contribution is 2.50. The van der Waals surface area contributed by atoms with Gasteiger partial charge in [-0.15, -0.1) is 0 Å². The summed E-state index contributed by atoms with van der Waals surface area (Å²) in [4.78, 5) is 46.9. The van der Waals surface area contributed by atoms with Crippen molar-refractivity contribution in [2.45, 2.75) is 120 Å². The second-order valence-electron chi connectivity index (χ2n) is 16.0. The normalized spacial score (nSPS) is 39.0. The Morgan fingerprint density at radius 1 is 1.04 bits per heavy atom. The molecule has 12 heteroatoms. The second-order valence-corrected chi connectivity index (χ2v) is 16.0. The van der Waals surface area contributed by atoms with Gasteiger partial charge in [0.25, 0.3) is 5.91 Å². The van der Waals surface area contributed by atoms with Gasteiger partial charge in [0, 0.05) is 51.4 Å². The summed E-state index contributed by atoms with van der Waals surface area (Å²) >= 11 is 0. The largest absolute Gasteiger partial charge is 0.444 e. The highest BCUT2D eigenvalue weighted by atomic mass is 19.1. The first-order valence-corrected chi connectivity index (χ1v) is 18.2. The first-order chi connectivity index (χ1) is 22.6.